The molecule has 3 heterocycles. The zero-order valence-electron chi connectivity index (χ0n) is 17.8. The summed E-state index contributed by atoms with van der Waals surface area (Å²) in [5.41, 5.74) is 3.45. The van der Waals surface area contributed by atoms with E-state index in [1.54, 1.807) is 11.8 Å². The van der Waals surface area contributed by atoms with Crippen LogP contribution in [0.15, 0.2) is 65.6 Å². The van der Waals surface area contributed by atoms with Crippen LogP contribution in [0.3, 0.4) is 0 Å². The number of aryl methyl sites for hydroxylation is 1. The van der Waals surface area contributed by atoms with Gasteiger partial charge in [0.1, 0.15) is 6.10 Å². The van der Waals surface area contributed by atoms with Crippen molar-refractivity contribution in [3.63, 3.8) is 0 Å². The number of hydrogen-bond donors (Lipinski definition) is 1. The highest BCUT2D eigenvalue weighted by Gasteiger charge is 2.36. The molecule has 0 saturated carbocycles. The van der Waals surface area contributed by atoms with Gasteiger partial charge < -0.3 is 4.74 Å². The van der Waals surface area contributed by atoms with Gasteiger partial charge in [0, 0.05) is 17.2 Å². The highest BCUT2D eigenvalue weighted by Crippen LogP contribution is 2.34. The van der Waals surface area contributed by atoms with Crippen LogP contribution < -0.4 is 5.32 Å². The van der Waals surface area contributed by atoms with E-state index in [0.717, 1.165) is 48.8 Å². The molecule has 6 rings (SSSR count). The molecular formula is C26H28N2O2S. The van der Waals surface area contributed by atoms with Crippen molar-refractivity contribution in [2.24, 2.45) is 5.92 Å². The fourth-order valence-electron chi connectivity index (χ4n) is 4.80. The van der Waals surface area contributed by atoms with Gasteiger partial charge >= 0.3 is 6.09 Å². The molecule has 160 valence electrons. The number of fused-ring (bicyclic) bond motifs is 4. The third-order valence-electron chi connectivity index (χ3n) is 6.63. The van der Waals surface area contributed by atoms with Crippen LogP contribution in [0.5, 0.6) is 0 Å². The maximum absolute atomic E-state index is 12.7. The summed E-state index contributed by atoms with van der Waals surface area (Å²) in [4.78, 5) is 16.1. The van der Waals surface area contributed by atoms with Crippen molar-refractivity contribution in [2.75, 3.05) is 25.0 Å². The summed E-state index contributed by atoms with van der Waals surface area (Å²) in [6.45, 7) is 5.31. The summed E-state index contributed by atoms with van der Waals surface area (Å²) in [5, 5.41) is 5.56. The highest BCUT2D eigenvalue weighted by molar-refractivity contribution is 7.98. The van der Waals surface area contributed by atoms with E-state index in [-0.39, 0.29) is 12.2 Å². The largest absolute Gasteiger partial charge is 0.444 e. The quantitative estimate of drug-likeness (QED) is 0.496. The molecule has 1 atom stereocenters. The van der Waals surface area contributed by atoms with E-state index < -0.39 is 0 Å². The van der Waals surface area contributed by atoms with E-state index in [9.17, 15) is 4.79 Å². The van der Waals surface area contributed by atoms with Crippen molar-refractivity contribution < 1.29 is 9.53 Å². The van der Waals surface area contributed by atoms with Gasteiger partial charge in [0.05, 0.1) is 5.69 Å². The van der Waals surface area contributed by atoms with Crippen LogP contribution in [-0.2, 0) is 10.5 Å². The first kappa shape index (κ1) is 20.4. The molecule has 1 amide bonds. The van der Waals surface area contributed by atoms with Crippen molar-refractivity contribution in [2.45, 2.75) is 36.5 Å². The van der Waals surface area contributed by atoms with E-state index in [1.807, 2.05) is 18.2 Å². The van der Waals surface area contributed by atoms with Gasteiger partial charge in [-0.1, -0.05) is 48.5 Å². The predicted octanol–water partition coefficient (Wildman–Crippen LogP) is 6.08. The third-order valence-corrected chi connectivity index (χ3v) is 7.73. The minimum absolute atomic E-state index is 0.0145. The van der Waals surface area contributed by atoms with E-state index in [1.165, 1.54) is 21.9 Å². The van der Waals surface area contributed by atoms with Crippen LogP contribution in [0.25, 0.3) is 10.8 Å². The number of thioether (sulfide) groups is 1. The Balaban J connectivity index is 1.28. The Morgan fingerprint density at radius 2 is 1.84 bits per heavy atom. The SMILES string of the molecule is Cc1ccc2ccccc2c1CSc1ccccc1NC(=O)OC1CN2CCC1CC2. The van der Waals surface area contributed by atoms with Gasteiger partial charge in [-0.3, -0.25) is 10.2 Å². The van der Waals surface area contributed by atoms with E-state index in [2.05, 4.69) is 59.6 Å². The number of anilines is 1. The summed E-state index contributed by atoms with van der Waals surface area (Å²) < 4.78 is 5.82. The number of carbonyl (C=O) groups is 1. The van der Waals surface area contributed by atoms with Crippen LogP contribution in [0.4, 0.5) is 10.5 Å². The van der Waals surface area contributed by atoms with E-state index >= 15 is 0 Å². The van der Waals surface area contributed by atoms with Gasteiger partial charge in [-0.2, -0.15) is 0 Å². The first-order chi connectivity index (χ1) is 15.2. The fourth-order valence-corrected chi connectivity index (χ4v) is 5.94. The second-order valence-corrected chi connectivity index (χ2v) is 9.59. The number of hydrogen-bond acceptors (Lipinski definition) is 4. The monoisotopic (exact) mass is 432 g/mol. The average molecular weight is 433 g/mol. The molecule has 1 N–H and O–H groups in total. The Morgan fingerprint density at radius 3 is 2.65 bits per heavy atom. The molecule has 0 spiro atoms. The highest BCUT2D eigenvalue weighted by atomic mass is 32.2. The van der Waals surface area contributed by atoms with E-state index in [4.69, 9.17) is 4.74 Å². The number of nitrogens with one attached hydrogen (secondary N) is 1. The number of piperidine rings is 3. The Labute approximate surface area is 188 Å². The van der Waals surface area contributed by atoms with Crippen LogP contribution in [0.2, 0.25) is 0 Å². The van der Waals surface area contributed by atoms with Crippen molar-refractivity contribution in [3.8, 4) is 0 Å². The summed E-state index contributed by atoms with van der Waals surface area (Å²) in [7, 11) is 0. The Bertz CT molecular complexity index is 1090. The molecule has 3 aromatic rings. The topological polar surface area (TPSA) is 41.6 Å². The maximum Gasteiger partial charge on any atom is 0.411 e. The van der Waals surface area contributed by atoms with Crippen molar-refractivity contribution >= 4 is 34.3 Å². The van der Waals surface area contributed by atoms with Gasteiger partial charge in [-0.05, 0) is 72.8 Å². The molecule has 3 fully saturated rings. The molecule has 31 heavy (non-hydrogen) atoms. The first-order valence-corrected chi connectivity index (χ1v) is 12.0. The molecule has 0 radical (unpaired) electrons. The molecule has 0 aromatic heterocycles. The minimum Gasteiger partial charge on any atom is -0.444 e. The predicted molar refractivity (Wildman–Crippen MR) is 128 cm³/mol. The van der Waals surface area contributed by atoms with Gasteiger partial charge in [0.15, 0.2) is 0 Å². The fraction of sp³-hybridized carbons (Fsp3) is 0.346. The van der Waals surface area contributed by atoms with Gasteiger partial charge in [0.2, 0.25) is 0 Å². The van der Waals surface area contributed by atoms with Crippen LogP contribution in [-0.4, -0.2) is 36.7 Å². The smallest absolute Gasteiger partial charge is 0.411 e. The maximum atomic E-state index is 12.7. The first-order valence-electron chi connectivity index (χ1n) is 11.1. The Hall–Kier alpha value is -2.50. The molecule has 0 aliphatic carbocycles. The molecule has 3 aliphatic rings. The lowest BCUT2D eigenvalue weighted by Crippen LogP contribution is -2.52. The van der Waals surface area contributed by atoms with Crippen LogP contribution >= 0.6 is 11.8 Å². The number of ether oxygens (including phenoxy) is 1. The Morgan fingerprint density at radius 1 is 1.06 bits per heavy atom. The molecular weight excluding hydrogens is 404 g/mol. The number of rotatable bonds is 5. The third kappa shape index (κ3) is 4.43. The molecule has 2 bridgehead atoms. The molecule has 5 heteroatoms. The molecule has 3 aliphatic heterocycles. The molecule has 1 unspecified atom stereocenters. The van der Waals surface area contributed by atoms with Crippen molar-refractivity contribution in [1.29, 1.82) is 0 Å². The number of nitrogens with zero attached hydrogens (tertiary/aromatic N) is 1. The normalized spacial score (nSPS) is 22.4. The standard InChI is InChI=1S/C26H28N2O2S/c1-18-10-11-19-6-2-3-7-21(19)22(18)17-31-25-9-5-4-8-23(25)27-26(29)30-24-16-28-14-12-20(24)13-15-28/h2-11,20,24H,12-17H2,1H3,(H,27,29). The molecule has 3 saturated heterocycles. The Kier molecular flexibility index (Phi) is 5.88. The second-order valence-electron chi connectivity index (χ2n) is 8.57. The zero-order chi connectivity index (χ0) is 21.2. The van der Waals surface area contributed by atoms with Crippen molar-refractivity contribution in [3.05, 3.63) is 71.8 Å². The number of carbonyl (C=O) groups excluding carboxylic acids is 1. The number of amides is 1. The van der Waals surface area contributed by atoms with Crippen LogP contribution in [0.1, 0.15) is 24.0 Å². The van der Waals surface area contributed by atoms with Gasteiger partial charge in [0.25, 0.3) is 0 Å². The number of benzene rings is 3. The summed E-state index contributed by atoms with van der Waals surface area (Å²) in [6, 6.07) is 20.9. The molecule has 3 aromatic carbocycles. The lowest BCUT2D eigenvalue weighted by Gasteiger charge is -2.43. The lowest BCUT2D eigenvalue weighted by molar-refractivity contribution is -0.0289. The summed E-state index contributed by atoms with van der Waals surface area (Å²) in [6.07, 6.45) is 1.94. The number of para-hydroxylation sites is 1. The summed E-state index contributed by atoms with van der Waals surface area (Å²) in [5.74, 6) is 1.36. The van der Waals surface area contributed by atoms with E-state index in [0.29, 0.717) is 5.92 Å². The van der Waals surface area contributed by atoms with Crippen molar-refractivity contribution in [1.82, 2.24) is 4.90 Å². The van der Waals surface area contributed by atoms with Crippen LogP contribution in [0, 0.1) is 12.8 Å². The van der Waals surface area contributed by atoms with Gasteiger partial charge in [-0.15, -0.1) is 11.8 Å². The second kappa shape index (κ2) is 8.93. The minimum atomic E-state index is -0.340. The summed E-state index contributed by atoms with van der Waals surface area (Å²) >= 11 is 1.75. The average Bonchev–Trinajstić information content (AvgIpc) is 2.80. The molecule has 4 nitrogen and oxygen atoms in total. The van der Waals surface area contributed by atoms with Gasteiger partial charge in [-0.25, -0.2) is 4.79 Å². The zero-order valence-corrected chi connectivity index (χ0v) is 18.7. The lowest BCUT2D eigenvalue weighted by atomic mass is 9.86.